The van der Waals surface area contributed by atoms with Crippen molar-refractivity contribution in [3.8, 4) is 5.88 Å². The Labute approximate surface area is 120 Å². The predicted molar refractivity (Wildman–Crippen MR) is 78.6 cm³/mol. The summed E-state index contributed by atoms with van der Waals surface area (Å²) in [5.41, 5.74) is 1.10. The number of hydrogen-bond donors (Lipinski definition) is 1. The average molecular weight is 274 g/mol. The lowest BCUT2D eigenvalue weighted by molar-refractivity contribution is 0.229. The fourth-order valence-corrected chi connectivity index (χ4v) is 1.92. The highest BCUT2D eigenvalue weighted by Gasteiger charge is 2.05. The summed E-state index contributed by atoms with van der Waals surface area (Å²) in [6.45, 7) is 6.73. The minimum absolute atomic E-state index is 0.143. The van der Waals surface area contributed by atoms with Crippen LogP contribution in [-0.2, 0) is 13.1 Å². The quantitative estimate of drug-likeness (QED) is 0.750. The second kappa shape index (κ2) is 7.65. The lowest BCUT2D eigenvalue weighted by atomic mass is 10.2. The number of nitrogens with one attached hydrogen (secondary N) is 1. The highest BCUT2D eigenvalue weighted by atomic mass is 16.5. The maximum Gasteiger partial charge on any atom is 0.218 e. The van der Waals surface area contributed by atoms with Gasteiger partial charge in [-0.2, -0.15) is 0 Å². The topological polar surface area (TPSA) is 52.0 Å². The smallest absolute Gasteiger partial charge is 0.218 e. The summed E-state index contributed by atoms with van der Waals surface area (Å²) in [7, 11) is 0. The molecule has 2 aromatic heterocycles. The number of hydrogen-bond acceptors (Lipinski definition) is 4. The van der Waals surface area contributed by atoms with Crippen LogP contribution in [0.4, 0.5) is 0 Å². The van der Waals surface area contributed by atoms with Gasteiger partial charge in [0.2, 0.25) is 5.88 Å². The summed E-state index contributed by atoms with van der Waals surface area (Å²) in [5.74, 6) is 0.726. The molecule has 1 N–H and O–H groups in total. The Morgan fingerprint density at radius 3 is 3.00 bits per heavy atom. The molecule has 0 unspecified atom stereocenters. The molecule has 0 bridgehead atoms. The van der Waals surface area contributed by atoms with Gasteiger partial charge in [0.05, 0.1) is 12.4 Å². The third-order valence-corrected chi connectivity index (χ3v) is 2.84. The van der Waals surface area contributed by atoms with E-state index >= 15 is 0 Å². The lowest BCUT2D eigenvalue weighted by Crippen LogP contribution is -2.18. The molecule has 0 radical (unpaired) electrons. The highest BCUT2D eigenvalue weighted by molar-refractivity contribution is 5.25. The normalized spacial score (nSPS) is 10.9. The van der Waals surface area contributed by atoms with Crippen LogP contribution in [0.25, 0.3) is 0 Å². The molecule has 5 nitrogen and oxygen atoms in total. The lowest BCUT2D eigenvalue weighted by Gasteiger charge is -2.13. The van der Waals surface area contributed by atoms with Gasteiger partial charge in [-0.1, -0.05) is 6.07 Å². The summed E-state index contributed by atoms with van der Waals surface area (Å²) in [6.07, 6.45) is 8.60. The Kier molecular flexibility index (Phi) is 5.55. The molecule has 0 atom stereocenters. The van der Waals surface area contributed by atoms with Gasteiger partial charge in [0, 0.05) is 37.2 Å². The van der Waals surface area contributed by atoms with Gasteiger partial charge in [-0.15, -0.1) is 0 Å². The first kappa shape index (κ1) is 14.5. The summed E-state index contributed by atoms with van der Waals surface area (Å²) in [4.78, 5) is 8.31. The van der Waals surface area contributed by atoms with Gasteiger partial charge in [-0.3, -0.25) is 0 Å². The molecular weight excluding hydrogens is 252 g/mol. The van der Waals surface area contributed by atoms with Crippen molar-refractivity contribution >= 4 is 0 Å². The van der Waals surface area contributed by atoms with Gasteiger partial charge in [0.25, 0.3) is 0 Å². The molecule has 108 valence electrons. The molecule has 0 saturated heterocycles. The Bertz CT molecular complexity index is 496. The van der Waals surface area contributed by atoms with E-state index in [4.69, 9.17) is 4.74 Å². The SMILES string of the molecule is CC(C)Oc1ncccc1CNCCCn1ccnc1. The molecule has 0 spiro atoms. The van der Waals surface area contributed by atoms with Crippen LogP contribution in [0.1, 0.15) is 25.8 Å². The van der Waals surface area contributed by atoms with Gasteiger partial charge in [-0.05, 0) is 32.9 Å². The van der Waals surface area contributed by atoms with Crippen LogP contribution in [0.5, 0.6) is 5.88 Å². The highest BCUT2D eigenvalue weighted by Crippen LogP contribution is 2.15. The molecule has 0 fully saturated rings. The van der Waals surface area contributed by atoms with E-state index in [0.717, 1.165) is 37.5 Å². The maximum atomic E-state index is 5.70. The number of ether oxygens (including phenoxy) is 1. The van der Waals surface area contributed by atoms with E-state index in [1.165, 1.54) is 0 Å². The van der Waals surface area contributed by atoms with Crippen LogP contribution in [-0.4, -0.2) is 27.2 Å². The minimum atomic E-state index is 0.143. The molecule has 2 rings (SSSR count). The molecule has 0 aliphatic heterocycles. The largest absolute Gasteiger partial charge is 0.475 e. The van der Waals surface area contributed by atoms with Crippen LogP contribution < -0.4 is 10.1 Å². The predicted octanol–water partition coefficient (Wildman–Crippen LogP) is 2.25. The molecule has 20 heavy (non-hydrogen) atoms. The zero-order chi connectivity index (χ0) is 14.2. The van der Waals surface area contributed by atoms with E-state index in [2.05, 4.69) is 19.9 Å². The van der Waals surface area contributed by atoms with Crippen molar-refractivity contribution in [3.05, 3.63) is 42.6 Å². The van der Waals surface area contributed by atoms with Crippen molar-refractivity contribution < 1.29 is 4.74 Å². The van der Waals surface area contributed by atoms with Crippen molar-refractivity contribution in [2.45, 2.75) is 39.5 Å². The van der Waals surface area contributed by atoms with Crippen LogP contribution in [0.3, 0.4) is 0 Å². The number of pyridine rings is 1. The number of nitrogens with zero attached hydrogens (tertiary/aromatic N) is 3. The monoisotopic (exact) mass is 274 g/mol. The van der Waals surface area contributed by atoms with Crippen molar-refractivity contribution in [2.24, 2.45) is 0 Å². The second-order valence-electron chi connectivity index (χ2n) is 4.97. The standard InChI is InChI=1S/C15H22N4O/c1-13(2)20-15-14(5-3-7-18-15)11-16-6-4-9-19-10-8-17-12-19/h3,5,7-8,10,12-13,16H,4,6,9,11H2,1-2H3. The third kappa shape index (κ3) is 4.66. The molecular formula is C15H22N4O. The van der Waals surface area contributed by atoms with Crippen molar-refractivity contribution in [1.82, 2.24) is 19.9 Å². The molecule has 0 saturated carbocycles. The number of rotatable bonds is 8. The number of imidazole rings is 1. The minimum Gasteiger partial charge on any atom is -0.475 e. The Balaban J connectivity index is 1.73. The van der Waals surface area contributed by atoms with Crippen molar-refractivity contribution in [1.29, 1.82) is 0 Å². The summed E-state index contributed by atoms with van der Waals surface area (Å²) < 4.78 is 7.78. The third-order valence-electron chi connectivity index (χ3n) is 2.84. The van der Waals surface area contributed by atoms with E-state index in [9.17, 15) is 0 Å². The average Bonchev–Trinajstić information content (AvgIpc) is 2.93. The number of aromatic nitrogens is 3. The van der Waals surface area contributed by atoms with Crippen LogP contribution >= 0.6 is 0 Å². The first-order valence-electron chi connectivity index (χ1n) is 7.02. The first-order valence-corrected chi connectivity index (χ1v) is 7.02. The maximum absolute atomic E-state index is 5.70. The molecule has 0 aromatic carbocycles. The Morgan fingerprint density at radius 1 is 1.35 bits per heavy atom. The van der Waals surface area contributed by atoms with Gasteiger partial charge >= 0.3 is 0 Å². The summed E-state index contributed by atoms with van der Waals surface area (Å²) >= 11 is 0. The van der Waals surface area contributed by atoms with E-state index in [1.54, 1.807) is 12.4 Å². The van der Waals surface area contributed by atoms with E-state index < -0.39 is 0 Å². The zero-order valence-corrected chi connectivity index (χ0v) is 12.1. The van der Waals surface area contributed by atoms with E-state index in [0.29, 0.717) is 0 Å². The van der Waals surface area contributed by atoms with Gasteiger partial charge < -0.3 is 14.6 Å². The molecule has 2 heterocycles. The van der Waals surface area contributed by atoms with Crippen molar-refractivity contribution in [3.63, 3.8) is 0 Å². The van der Waals surface area contributed by atoms with Gasteiger partial charge in [0.1, 0.15) is 0 Å². The van der Waals surface area contributed by atoms with E-state index in [-0.39, 0.29) is 6.10 Å². The molecule has 5 heteroatoms. The molecule has 0 amide bonds. The van der Waals surface area contributed by atoms with Gasteiger partial charge in [0.15, 0.2) is 0 Å². The fraction of sp³-hybridized carbons (Fsp3) is 0.467. The van der Waals surface area contributed by atoms with Gasteiger partial charge in [-0.25, -0.2) is 9.97 Å². The van der Waals surface area contributed by atoms with Crippen LogP contribution in [0, 0.1) is 0 Å². The molecule has 0 aliphatic carbocycles. The number of aryl methyl sites for hydroxylation is 1. The zero-order valence-electron chi connectivity index (χ0n) is 12.1. The summed E-state index contributed by atoms with van der Waals surface area (Å²) in [6, 6.07) is 3.99. The Hall–Kier alpha value is -1.88. The van der Waals surface area contributed by atoms with E-state index in [1.807, 2.05) is 38.5 Å². The van der Waals surface area contributed by atoms with Crippen molar-refractivity contribution in [2.75, 3.05) is 6.54 Å². The first-order chi connectivity index (χ1) is 9.75. The molecule has 0 aliphatic rings. The molecule has 2 aromatic rings. The Morgan fingerprint density at radius 2 is 2.25 bits per heavy atom. The fourth-order valence-electron chi connectivity index (χ4n) is 1.92. The van der Waals surface area contributed by atoms with Crippen LogP contribution in [0.2, 0.25) is 0 Å². The summed E-state index contributed by atoms with van der Waals surface area (Å²) in [5, 5.41) is 3.42. The second-order valence-corrected chi connectivity index (χ2v) is 4.97. The van der Waals surface area contributed by atoms with Crippen LogP contribution in [0.15, 0.2) is 37.1 Å².